The van der Waals surface area contributed by atoms with Gasteiger partial charge < -0.3 is 10.6 Å². The Balaban J connectivity index is 2.82. The highest BCUT2D eigenvalue weighted by Gasteiger charge is 2.24. The predicted molar refractivity (Wildman–Crippen MR) is 70.9 cm³/mol. The van der Waals surface area contributed by atoms with Crippen LogP contribution in [0.25, 0.3) is 0 Å². The molecular formula is C12H23N5O. The summed E-state index contributed by atoms with van der Waals surface area (Å²) in [6, 6.07) is -0.0863. The van der Waals surface area contributed by atoms with Crippen LogP contribution in [0.1, 0.15) is 18.5 Å². The summed E-state index contributed by atoms with van der Waals surface area (Å²) in [4.78, 5) is 15.3. The molecule has 0 spiro atoms. The average molecular weight is 253 g/mol. The Morgan fingerprint density at radius 3 is 2.50 bits per heavy atom. The minimum atomic E-state index is -0.0748. The summed E-state index contributed by atoms with van der Waals surface area (Å²) < 4.78 is 1.74. The van der Waals surface area contributed by atoms with Crippen molar-refractivity contribution in [2.75, 3.05) is 27.7 Å². The summed E-state index contributed by atoms with van der Waals surface area (Å²) >= 11 is 0. The van der Waals surface area contributed by atoms with Crippen molar-refractivity contribution in [1.82, 2.24) is 19.6 Å². The van der Waals surface area contributed by atoms with Crippen LogP contribution in [0.2, 0.25) is 0 Å². The van der Waals surface area contributed by atoms with Gasteiger partial charge in [-0.25, -0.2) is 0 Å². The molecule has 6 heteroatoms. The van der Waals surface area contributed by atoms with E-state index in [1.807, 2.05) is 32.1 Å². The number of amides is 1. The minimum absolute atomic E-state index is 0.0115. The van der Waals surface area contributed by atoms with Crippen molar-refractivity contribution < 1.29 is 4.79 Å². The van der Waals surface area contributed by atoms with Gasteiger partial charge >= 0.3 is 0 Å². The Labute approximate surface area is 108 Å². The van der Waals surface area contributed by atoms with Gasteiger partial charge in [0.15, 0.2) is 0 Å². The van der Waals surface area contributed by atoms with E-state index < -0.39 is 0 Å². The average Bonchev–Trinajstić information content (AvgIpc) is 2.63. The van der Waals surface area contributed by atoms with Crippen molar-refractivity contribution in [3.05, 3.63) is 18.0 Å². The molecule has 0 bridgehead atoms. The predicted octanol–water partition coefficient (Wildman–Crippen LogP) is -0.172. The van der Waals surface area contributed by atoms with E-state index in [2.05, 4.69) is 5.10 Å². The van der Waals surface area contributed by atoms with Crippen molar-refractivity contribution in [3.8, 4) is 0 Å². The number of hydrogen-bond donors (Lipinski definition) is 1. The zero-order valence-electron chi connectivity index (χ0n) is 11.8. The minimum Gasteiger partial charge on any atom is -0.348 e. The molecule has 2 N–H and O–H groups in total. The van der Waals surface area contributed by atoms with Crippen molar-refractivity contribution in [2.45, 2.75) is 19.0 Å². The van der Waals surface area contributed by atoms with Crippen molar-refractivity contribution in [1.29, 1.82) is 0 Å². The Hall–Kier alpha value is -1.40. The van der Waals surface area contributed by atoms with Crippen LogP contribution in [0.15, 0.2) is 12.4 Å². The highest BCUT2D eigenvalue weighted by Crippen LogP contribution is 2.21. The molecule has 1 rings (SSSR count). The van der Waals surface area contributed by atoms with Gasteiger partial charge in [-0.3, -0.25) is 14.4 Å². The molecule has 1 heterocycles. The van der Waals surface area contributed by atoms with Crippen LogP contribution in [0.3, 0.4) is 0 Å². The second-order valence-electron chi connectivity index (χ2n) is 4.95. The summed E-state index contributed by atoms with van der Waals surface area (Å²) in [6.45, 7) is 2.28. The second kappa shape index (κ2) is 5.97. The van der Waals surface area contributed by atoms with Crippen molar-refractivity contribution in [2.24, 2.45) is 12.8 Å². The first-order valence-electron chi connectivity index (χ1n) is 5.97. The van der Waals surface area contributed by atoms with E-state index in [1.54, 1.807) is 29.9 Å². The van der Waals surface area contributed by atoms with Crippen LogP contribution >= 0.6 is 0 Å². The molecule has 0 saturated heterocycles. The van der Waals surface area contributed by atoms with E-state index in [0.29, 0.717) is 6.54 Å². The molecule has 0 aliphatic carbocycles. The molecule has 1 aromatic rings. The standard InChI is InChI=1S/C12H23N5O/c1-9(13)12(10-6-14-17(5)7-10)16(4)8-11(18)15(2)3/h6-7,9,12H,8,13H2,1-5H3. The first-order valence-corrected chi connectivity index (χ1v) is 5.97. The lowest BCUT2D eigenvalue weighted by Crippen LogP contribution is -2.42. The molecule has 1 aromatic heterocycles. The third kappa shape index (κ3) is 3.54. The molecule has 0 fully saturated rings. The van der Waals surface area contributed by atoms with Gasteiger partial charge in [-0.1, -0.05) is 0 Å². The molecule has 2 unspecified atom stereocenters. The fourth-order valence-electron chi connectivity index (χ4n) is 2.01. The van der Waals surface area contributed by atoms with Crippen LogP contribution in [-0.2, 0) is 11.8 Å². The van der Waals surface area contributed by atoms with Gasteiger partial charge in [0, 0.05) is 38.9 Å². The highest BCUT2D eigenvalue weighted by atomic mass is 16.2. The lowest BCUT2D eigenvalue weighted by Gasteiger charge is -2.30. The normalized spacial score (nSPS) is 14.6. The van der Waals surface area contributed by atoms with Crippen LogP contribution in [0, 0.1) is 0 Å². The van der Waals surface area contributed by atoms with E-state index in [-0.39, 0.29) is 18.0 Å². The van der Waals surface area contributed by atoms with E-state index >= 15 is 0 Å². The zero-order valence-corrected chi connectivity index (χ0v) is 11.8. The third-order valence-corrected chi connectivity index (χ3v) is 2.92. The number of carbonyl (C=O) groups is 1. The number of nitrogens with two attached hydrogens (primary N) is 1. The Kier molecular flexibility index (Phi) is 4.86. The fourth-order valence-corrected chi connectivity index (χ4v) is 2.01. The monoisotopic (exact) mass is 253 g/mol. The third-order valence-electron chi connectivity index (χ3n) is 2.92. The Morgan fingerprint density at radius 2 is 2.11 bits per heavy atom. The Bertz CT molecular complexity index is 399. The van der Waals surface area contributed by atoms with Crippen LogP contribution in [0.5, 0.6) is 0 Å². The lowest BCUT2D eigenvalue weighted by atomic mass is 10.0. The molecule has 0 aliphatic heterocycles. The molecule has 6 nitrogen and oxygen atoms in total. The summed E-state index contributed by atoms with van der Waals surface area (Å²) in [6.07, 6.45) is 3.73. The largest absolute Gasteiger partial charge is 0.348 e. The summed E-state index contributed by atoms with van der Waals surface area (Å²) in [7, 11) is 7.28. The molecular weight excluding hydrogens is 230 g/mol. The number of rotatable bonds is 5. The van der Waals surface area contributed by atoms with Crippen LogP contribution < -0.4 is 5.73 Å². The van der Waals surface area contributed by atoms with Crippen LogP contribution in [0.4, 0.5) is 0 Å². The quantitative estimate of drug-likeness (QED) is 0.791. The smallest absolute Gasteiger partial charge is 0.236 e. The molecule has 102 valence electrons. The van der Waals surface area contributed by atoms with Gasteiger partial charge in [0.05, 0.1) is 18.8 Å². The molecule has 1 amide bonds. The van der Waals surface area contributed by atoms with Gasteiger partial charge in [-0.2, -0.15) is 5.10 Å². The number of carbonyl (C=O) groups excluding carboxylic acids is 1. The molecule has 0 aliphatic rings. The number of nitrogens with zero attached hydrogens (tertiary/aromatic N) is 4. The SMILES string of the molecule is CC(N)C(c1cnn(C)c1)N(C)CC(=O)N(C)C. The van der Waals surface area contributed by atoms with Gasteiger partial charge in [-0.15, -0.1) is 0 Å². The lowest BCUT2D eigenvalue weighted by molar-refractivity contribution is -0.130. The first-order chi connectivity index (χ1) is 8.32. The topological polar surface area (TPSA) is 67.4 Å². The number of likely N-dealkylation sites (N-methyl/N-ethyl adjacent to an activating group) is 2. The van der Waals surface area contributed by atoms with E-state index in [9.17, 15) is 4.79 Å². The maximum Gasteiger partial charge on any atom is 0.236 e. The van der Waals surface area contributed by atoms with E-state index in [0.717, 1.165) is 5.56 Å². The number of aryl methyl sites for hydroxylation is 1. The number of hydrogen-bond acceptors (Lipinski definition) is 4. The second-order valence-corrected chi connectivity index (χ2v) is 4.95. The van der Waals surface area contributed by atoms with Gasteiger partial charge in [0.1, 0.15) is 0 Å². The molecule has 0 radical (unpaired) electrons. The van der Waals surface area contributed by atoms with Gasteiger partial charge in [0.2, 0.25) is 5.91 Å². The summed E-state index contributed by atoms with van der Waals surface area (Å²) in [5.74, 6) is 0.0621. The van der Waals surface area contributed by atoms with Crippen molar-refractivity contribution >= 4 is 5.91 Å². The first kappa shape index (κ1) is 14.7. The Morgan fingerprint density at radius 1 is 1.50 bits per heavy atom. The molecule has 2 atom stereocenters. The highest BCUT2D eigenvalue weighted by molar-refractivity contribution is 5.77. The maximum atomic E-state index is 11.7. The van der Waals surface area contributed by atoms with Gasteiger partial charge in [-0.05, 0) is 14.0 Å². The van der Waals surface area contributed by atoms with Crippen LogP contribution in [-0.4, -0.2) is 59.2 Å². The number of aromatic nitrogens is 2. The molecule has 0 saturated carbocycles. The van der Waals surface area contributed by atoms with Gasteiger partial charge in [0.25, 0.3) is 0 Å². The zero-order chi connectivity index (χ0) is 13.9. The maximum absolute atomic E-state index is 11.7. The van der Waals surface area contributed by atoms with E-state index in [1.165, 1.54) is 0 Å². The fraction of sp³-hybridized carbons (Fsp3) is 0.667. The summed E-state index contributed by atoms with van der Waals surface area (Å²) in [5, 5.41) is 4.16. The molecule has 0 aromatic carbocycles. The van der Waals surface area contributed by atoms with Crippen molar-refractivity contribution in [3.63, 3.8) is 0 Å². The van der Waals surface area contributed by atoms with E-state index in [4.69, 9.17) is 5.73 Å². The molecule has 18 heavy (non-hydrogen) atoms. The summed E-state index contributed by atoms with van der Waals surface area (Å²) in [5.41, 5.74) is 7.06.